The average molecular weight is 562 g/mol. The Balaban J connectivity index is 0.00000312. The second-order valence-corrected chi connectivity index (χ2v) is 9.95. The molecule has 2 rings (SSSR count). The van der Waals surface area contributed by atoms with Crippen molar-refractivity contribution in [2.24, 2.45) is 4.99 Å². The summed E-state index contributed by atoms with van der Waals surface area (Å²) >= 11 is 5.22. The van der Waals surface area contributed by atoms with Crippen molar-refractivity contribution in [2.45, 2.75) is 35.4 Å². The summed E-state index contributed by atoms with van der Waals surface area (Å²) in [5, 5.41) is 7.20. The molecule has 2 N–H and O–H groups in total. The maximum Gasteiger partial charge on any atom is 0.191 e. The van der Waals surface area contributed by atoms with Crippen molar-refractivity contribution in [1.82, 2.24) is 10.6 Å². The molecule has 0 spiro atoms. The Kier molecular flexibility index (Phi) is 10.1. The molecule has 1 saturated carbocycles. The number of aliphatic imine (C=N–C) groups is 1. The van der Waals surface area contributed by atoms with Gasteiger partial charge in [-0.2, -0.15) is 11.8 Å². The van der Waals surface area contributed by atoms with Crippen LogP contribution in [0.2, 0.25) is 0 Å². The molecule has 9 heteroatoms. The van der Waals surface area contributed by atoms with Crippen molar-refractivity contribution in [1.29, 1.82) is 0 Å². The van der Waals surface area contributed by atoms with Gasteiger partial charge in [-0.05, 0) is 49.8 Å². The number of guanidine groups is 1. The molecule has 1 aliphatic carbocycles. The Bertz CT molecular complexity index is 668. The second kappa shape index (κ2) is 11.0. The van der Waals surface area contributed by atoms with Gasteiger partial charge in [0.1, 0.15) is 0 Å². The third kappa shape index (κ3) is 7.26. The van der Waals surface area contributed by atoms with Crippen LogP contribution in [0, 0.1) is 0 Å². The standard InChI is InChI=1S/C16H24BrN3O2S2.HI/c1-18-16(20-13-5-6-14(11-13)23-2)19-9-10-24(21,22)15-7-3-12(17)4-8-15;/h3-4,7-8,13-14H,5-6,9-11H2,1-2H3,(H2,18,19,20);1H. The highest BCUT2D eigenvalue weighted by Gasteiger charge is 2.24. The lowest BCUT2D eigenvalue weighted by molar-refractivity contribution is 0.592. The predicted octanol–water partition coefficient (Wildman–Crippen LogP) is 3.29. The highest BCUT2D eigenvalue weighted by Crippen LogP contribution is 2.28. The normalized spacial score (nSPS) is 20.8. The van der Waals surface area contributed by atoms with E-state index in [2.05, 4.69) is 37.8 Å². The van der Waals surface area contributed by atoms with Crippen LogP contribution < -0.4 is 10.6 Å². The molecule has 1 aliphatic rings. The lowest BCUT2D eigenvalue weighted by atomic mass is 10.2. The molecule has 2 atom stereocenters. The van der Waals surface area contributed by atoms with Crippen molar-refractivity contribution in [3.05, 3.63) is 28.7 Å². The maximum atomic E-state index is 12.3. The molecule has 0 saturated heterocycles. The van der Waals surface area contributed by atoms with E-state index in [1.807, 2.05) is 11.8 Å². The number of hydrogen-bond donors (Lipinski definition) is 2. The Morgan fingerprint density at radius 2 is 2.00 bits per heavy atom. The number of sulfone groups is 1. The third-order valence-corrected chi connectivity index (χ3v) is 7.47. The lowest BCUT2D eigenvalue weighted by Gasteiger charge is -2.17. The van der Waals surface area contributed by atoms with Gasteiger partial charge in [-0.3, -0.25) is 4.99 Å². The zero-order valence-corrected chi connectivity index (χ0v) is 19.9. The first-order chi connectivity index (χ1) is 11.4. The van der Waals surface area contributed by atoms with Crippen molar-refractivity contribution in [3.63, 3.8) is 0 Å². The Morgan fingerprint density at radius 1 is 1.32 bits per heavy atom. The fourth-order valence-corrected chi connectivity index (χ4v) is 4.95. The molecule has 0 radical (unpaired) electrons. The van der Waals surface area contributed by atoms with E-state index in [1.54, 1.807) is 31.3 Å². The fourth-order valence-electron chi connectivity index (χ4n) is 2.74. The van der Waals surface area contributed by atoms with E-state index in [0.717, 1.165) is 17.3 Å². The summed E-state index contributed by atoms with van der Waals surface area (Å²) in [5.41, 5.74) is 0. The van der Waals surface area contributed by atoms with Crippen molar-refractivity contribution in [2.75, 3.05) is 25.6 Å². The monoisotopic (exact) mass is 561 g/mol. The molecule has 0 aliphatic heterocycles. The minimum atomic E-state index is -3.29. The zero-order valence-electron chi connectivity index (χ0n) is 14.4. The molecule has 2 unspecified atom stereocenters. The van der Waals surface area contributed by atoms with E-state index < -0.39 is 9.84 Å². The smallest absolute Gasteiger partial charge is 0.191 e. The molecule has 0 aromatic heterocycles. The molecule has 0 bridgehead atoms. The van der Waals surface area contributed by atoms with Crippen LogP contribution in [0.4, 0.5) is 0 Å². The van der Waals surface area contributed by atoms with Gasteiger partial charge in [0.25, 0.3) is 0 Å². The summed E-state index contributed by atoms with van der Waals surface area (Å²) in [7, 11) is -1.58. The minimum absolute atomic E-state index is 0. The van der Waals surface area contributed by atoms with Crippen molar-refractivity contribution in [3.8, 4) is 0 Å². The number of hydrogen-bond acceptors (Lipinski definition) is 4. The van der Waals surface area contributed by atoms with E-state index in [0.29, 0.717) is 28.7 Å². The molecular weight excluding hydrogens is 537 g/mol. The van der Waals surface area contributed by atoms with E-state index in [-0.39, 0.29) is 29.7 Å². The topological polar surface area (TPSA) is 70.6 Å². The number of nitrogens with zero attached hydrogens (tertiary/aromatic N) is 1. The van der Waals surface area contributed by atoms with Gasteiger partial charge in [-0.15, -0.1) is 24.0 Å². The molecule has 1 aromatic carbocycles. The van der Waals surface area contributed by atoms with Crippen LogP contribution in [0.15, 0.2) is 38.6 Å². The van der Waals surface area contributed by atoms with Crippen LogP contribution in [0.25, 0.3) is 0 Å². The molecule has 142 valence electrons. The first kappa shape index (κ1) is 23.0. The number of thioether (sulfide) groups is 1. The quantitative estimate of drug-likeness (QED) is 0.317. The van der Waals surface area contributed by atoms with Gasteiger partial charge in [0.15, 0.2) is 15.8 Å². The summed E-state index contributed by atoms with van der Waals surface area (Å²) < 4.78 is 25.5. The number of rotatable bonds is 6. The van der Waals surface area contributed by atoms with Gasteiger partial charge in [0.2, 0.25) is 0 Å². The van der Waals surface area contributed by atoms with E-state index >= 15 is 0 Å². The summed E-state index contributed by atoms with van der Waals surface area (Å²) in [6.45, 7) is 0.330. The maximum absolute atomic E-state index is 12.3. The molecule has 1 aromatic rings. The van der Waals surface area contributed by atoms with Gasteiger partial charge in [0.05, 0.1) is 10.6 Å². The van der Waals surface area contributed by atoms with Crippen LogP contribution in [-0.4, -0.2) is 51.3 Å². The van der Waals surface area contributed by atoms with Gasteiger partial charge in [-0.1, -0.05) is 15.9 Å². The highest BCUT2D eigenvalue weighted by molar-refractivity contribution is 14.0. The average Bonchev–Trinajstić information content (AvgIpc) is 3.02. The van der Waals surface area contributed by atoms with Crippen LogP contribution >= 0.6 is 51.7 Å². The third-order valence-electron chi connectivity index (χ3n) is 4.12. The lowest BCUT2D eigenvalue weighted by Crippen LogP contribution is -2.44. The van der Waals surface area contributed by atoms with Crippen LogP contribution in [0.5, 0.6) is 0 Å². The predicted molar refractivity (Wildman–Crippen MR) is 121 cm³/mol. The first-order valence-electron chi connectivity index (χ1n) is 7.93. The van der Waals surface area contributed by atoms with Gasteiger partial charge >= 0.3 is 0 Å². The summed E-state index contributed by atoms with van der Waals surface area (Å²) in [5.74, 6) is 0.709. The highest BCUT2D eigenvalue weighted by atomic mass is 127. The summed E-state index contributed by atoms with van der Waals surface area (Å²) in [6.07, 6.45) is 5.61. The van der Waals surface area contributed by atoms with E-state index in [4.69, 9.17) is 0 Å². The Morgan fingerprint density at radius 3 is 2.56 bits per heavy atom. The molecule has 1 fully saturated rings. The van der Waals surface area contributed by atoms with Gasteiger partial charge < -0.3 is 10.6 Å². The number of halogens is 2. The Hall–Kier alpha value is -0.000000000000000111. The first-order valence-corrected chi connectivity index (χ1v) is 11.7. The SMILES string of the molecule is CN=C(NCCS(=O)(=O)c1ccc(Br)cc1)NC1CCC(SC)C1.I. The summed E-state index contributed by atoms with van der Waals surface area (Å²) in [6, 6.07) is 7.13. The summed E-state index contributed by atoms with van der Waals surface area (Å²) in [4.78, 5) is 4.53. The van der Waals surface area contributed by atoms with Crippen LogP contribution in [0.1, 0.15) is 19.3 Å². The number of nitrogens with one attached hydrogen (secondary N) is 2. The molecule has 0 heterocycles. The fraction of sp³-hybridized carbons (Fsp3) is 0.562. The van der Waals surface area contributed by atoms with Crippen LogP contribution in [0.3, 0.4) is 0 Å². The van der Waals surface area contributed by atoms with E-state index in [1.165, 1.54) is 6.42 Å². The van der Waals surface area contributed by atoms with Gasteiger partial charge in [0, 0.05) is 29.4 Å². The Labute approximate surface area is 180 Å². The van der Waals surface area contributed by atoms with Crippen LogP contribution in [-0.2, 0) is 9.84 Å². The second-order valence-electron chi connectivity index (χ2n) is 5.78. The minimum Gasteiger partial charge on any atom is -0.355 e. The molecule has 25 heavy (non-hydrogen) atoms. The molecule has 0 amide bonds. The largest absolute Gasteiger partial charge is 0.355 e. The molecular formula is C16H25BrIN3O2S2. The van der Waals surface area contributed by atoms with Crippen molar-refractivity contribution < 1.29 is 8.42 Å². The molecule has 5 nitrogen and oxygen atoms in total. The zero-order chi connectivity index (χ0) is 17.6. The number of benzene rings is 1. The van der Waals surface area contributed by atoms with Crippen molar-refractivity contribution >= 4 is 67.5 Å². The van der Waals surface area contributed by atoms with E-state index in [9.17, 15) is 8.42 Å². The van der Waals surface area contributed by atoms with Gasteiger partial charge in [-0.25, -0.2) is 8.42 Å².